The van der Waals surface area contributed by atoms with E-state index in [9.17, 15) is 19.2 Å². The van der Waals surface area contributed by atoms with Gasteiger partial charge in [0.1, 0.15) is 25.4 Å². The second kappa shape index (κ2) is 12.2. The number of carbonyl (C=O) groups excluding carboxylic acids is 4. The molecule has 0 aromatic rings. The van der Waals surface area contributed by atoms with E-state index in [1.165, 1.54) is 0 Å². The van der Waals surface area contributed by atoms with Gasteiger partial charge in [0.25, 0.3) is 0 Å². The zero-order valence-electron chi connectivity index (χ0n) is 18.1. The van der Waals surface area contributed by atoms with Crippen LogP contribution in [0.15, 0.2) is 0 Å². The maximum absolute atomic E-state index is 11.6. The first-order valence-corrected chi connectivity index (χ1v) is 7.42. The van der Waals surface area contributed by atoms with Crippen molar-refractivity contribution in [2.45, 2.75) is 52.1 Å². The van der Waals surface area contributed by atoms with Crippen molar-refractivity contribution < 1.29 is 51.7 Å². The van der Waals surface area contributed by atoms with Crippen LogP contribution in [-0.2, 0) is 47.6 Å². The predicted octanol–water partition coefficient (Wildman–Crippen LogP) is 0.00600. The van der Waals surface area contributed by atoms with Crippen molar-refractivity contribution in [3.63, 3.8) is 0 Å². The summed E-state index contributed by atoms with van der Waals surface area (Å²) in [6.07, 6.45) is -5.88. The van der Waals surface area contributed by atoms with Crippen molar-refractivity contribution in [1.82, 2.24) is 0 Å². The molecule has 0 bridgehead atoms. The van der Waals surface area contributed by atoms with Crippen molar-refractivity contribution in [2.24, 2.45) is 0 Å². The molecule has 0 aliphatic heterocycles. The van der Waals surface area contributed by atoms with Gasteiger partial charge in [-0.3, -0.25) is 19.2 Å². The van der Waals surface area contributed by atoms with Crippen LogP contribution in [0.25, 0.3) is 0 Å². The Balaban J connectivity index is 6.05. The maximum atomic E-state index is 11.6. The molecule has 0 rings (SSSR count). The molecule has 0 aromatic heterocycles. The first-order chi connectivity index (χ1) is 13.5. The van der Waals surface area contributed by atoms with Crippen LogP contribution in [0.2, 0.25) is 0 Å². The van der Waals surface area contributed by atoms with E-state index in [0.717, 1.165) is 27.7 Å². The molecule has 0 spiro atoms. The highest BCUT2D eigenvalue weighted by Gasteiger charge is 2.40. The highest BCUT2D eigenvalue weighted by molar-refractivity contribution is 5.67. The Bertz CT molecular complexity index is 559. The van der Waals surface area contributed by atoms with Crippen LogP contribution in [-0.4, -0.2) is 75.7 Å². The van der Waals surface area contributed by atoms with E-state index in [4.69, 9.17) is 32.5 Å². The first-order valence-electron chi connectivity index (χ1n) is 9.41. The lowest BCUT2D eigenvalue weighted by Crippen LogP contribution is -2.52. The number of methoxy groups -OCH3 is 2. The average molecular weight is 381 g/mol. The fraction of sp³-hybridized carbons (Fsp3) is 0.750. The molecule has 0 aliphatic rings. The minimum Gasteiger partial charge on any atom is -0.463 e. The zero-order chi connectivity index (χ0) is 22.6. The third-order valence-electron chi connectivity index (χ3n) is 2.84. The minimum absolute atomic E-state index is 0.513. The van der Waals surface area contributed by atoms with E-state index in [-0.39, 0.29) is 0 Å². The topological polar surface area (TPSA) is 124 Å². The molecule has 5 atom stereocenters. The van der Waals surface area contributed by atoms with Crippen molar-refractivity contribution in [1.29, 1.82) is 0 Å². The Kier molecular flexibility index (Phi) is 8.72. The van der Waals surface area contributed by atoms with Crippen LogP contribution in [0.5, 0.6) is 0 Å². The molecule has 0 fully saturated rings. The highest BCUT2D eigenvalue weighted by atomic mass is 16.6. The van der Waals surface area contributed by atoms with E-state index < -0.39 is 75.7 Å². The van der Waals surface area contributed by atoms with E-state index in [2.05, 4.69) is 0 Å². The fourth-order valence-corrected chi connectivity index (χ4v) is 1.91. The first kappa shape index (κ1) is 18.6. The van der Waals surface area contributed by atoms with Crippen LogP contribution in [0.4, 0.5) is 0 Å². The molecule has 0 saturated heterocycles. The lowest BCUT2D eigenvalue weighted by molar-refractivity contribution is -0.196. The lowest BCUT2D eigenvalue weighted by Gasteiger charge is -2.34. The lowest BCUT2D eigenvalue weighted by atomic mass is 10.0. The Morgan fingerprint density at radius 2 is 1.35 bits per heavy atom. The normalized spacial score (nSPS) is 17.9. The molecule has 0 aromatic carbocycles. The Morgan fingerprint density at radius 1 is 0.769 bits per heavy atom. The second-order valence-electron chi connectivity index (χ2n) is 5.03. The number of rotatable bonds is 11. The van der Waals surface area contributed by atoms with Crippen LogP contribution in [0.1, 0.15) is 31.8 Å². The number of esters is 4. The summed E-state index contributed by atoms with van der Waals surface area (Å²) in [7, 11) is -1.39. The van der Waals surface area contributed by atoms with Crippen LogP contribution in [0.3, 0.4) is 0 Å². The van der Waals surface area contributed by atoms with Gasteiger partial charge in [0.15, 0.2) is 12.2 Å². The molecule has 26 heavy (non-hydrogen) atoms. The molecule has 150 valence electrons. The van der Waals surface area contributed by atoms with Crippen molar-refractivity contribution >= 4 is 23.9 Å². The van der Waals surface area contributed by atoms with E-state index in [1.807, 2.05) is 0 Å². The van der Waals surface area contributed by atoms with Gasteiger partial charge in [0.2, 0.25) is 0 Å². The van der Waals surface area contributed by atoms with Crippen molar-refractivity contribution in [3.05, 3.63) is 0 Å². The molecular formula is C16H26O10. The van der Waals surface area contributed by atoms with Gasteiger partial charge in [-0.25, -0.2) is 0 Å². The molecule has 0 amide bonds. The summed E-state index contributed by atoms with van der Waals surface area (Å²) >= 11 is 0. The third-order valence-corrected chi connectivity index (χ3v) is 2.84. The molecule has 0 N–H and O–H groups in total. The van der Waals surface area contributed by atoms with Crippen molar-refractivity contribution in [3.8, 4) is 0 Å². The quantitative estimate of drug-likeness (QED) is 0.357. The Hall–Kier alpha value is -2.20. The molecule has 0 heterocycles. The van der Waals surface area contributed by atoms with Crippen LogP contribution < -0.4 is 0 Å². The van der Waals surface area contributed by atoms with E-state index >= 15 is 0 Å². The fourth-order valence-electron chi connectivity index (χ4n) is 1.91. The van der Waals surface area contributed by atoms with Gasteiger partial charge in [-0.05, 0) is 0 Å². The van der Waals surface area contributed by atoms with Gasteiger partial charge >= 0.3 is 23.9 Å². The monoisotopic (exact) mass is 381 g/mol. The summed E-state index contributed by atoms with van der Waals surface area (Å²) in [4.78, 5) is 45.5. The van der Waals surface area contributed by atoms with Crippen LogP contribution >= 0.6 is 0 Å². The van der Waals surface area contributed by atoms with E-state index in [1.54, 1.807) is 0 Å². The van der Waals surface area contributed by atoms with Gasteiger partial charge < -0.3 is 28.4 Å². The van der Waals surface area contributed by atoms with Gasteiger partial charge in [-0.2, -0.15) is 0 Å². The maximum Gasteiger partial charge on any atom is 0.303 e. The third kappa shape index (κ3) is 9.33. The van der Waals surface area contributed by atoms with Crippen molar-refractivity contribution in [2.75, 3.05) is 27.4 Å². The summed E-state index contributed by atoms with van der Waals surface area (Å²) in [5, 5.41) is 0. The number of carbonyl (C=O) groups is 4. The van der Waals surface area contributed by atoms with E-state index in [0.29, 0.717) is 0 Å². The van der Waals surface area contributed by atoms with Gasteiger partial charge in [0.05, 0.1) is 4.11 Å². The molecule has 1 unspecified atom stereocenters. The molecule has 0 radical (unpaired) electrons. The molecule has 10 nitrogen and oxygen atoms in total. The second-order valence-corrected chi connectivity index (χ2v) is 5.03. The molecule has 0 aliphatic carbocycles. The Labute approximate surface area is 156 Å². The molecular weight excluding hydrogens is 352 g/mol. The smallest absolute Gasteiger partial charge is 0.303 e. The van der Waals surface area contributed by atoms with Gasteiger partial charge in [-0.15, -0.1) is 0 Å². The summed E-state index contributed by atoms with van der Waals surface area (Å²) < 4.78 is 52.8. The zero-order valence-corrected chi connectivity index (χ0v) is 15.1. The SMILES string of the molecule is [2H]CO[C@@H]([C@H](OC(C)=O)[C@@H](OC[2H])C([2H])OC(C)=O)[C@@H](COC(C)=O)OC(C)=O. The predicted molar refractivity (Wildman–Crippen MR) is 86.0 cm³/mol. The molecule has 10 heteroatoms. The van der Waals surface area contributed by atoms with Gasteiger partial charge in [-0.1, -0.05) is 0 Å². The molecule has 0 saturated carbocycles. The number of hydrogen-bond donors (Lipinski definition) is 0. The number of ether oxygens (including phenoxy) is 6. The average Bonchev–Trinajstić information content (AvgIpc) is 2.58. The number of hydrogen-bond acceptors (Lipinski definition) is 10. The standard InChI is InChI=1S/C16H26O10/c1-9(17)23-7-13(21-5)16(26-12(4)20)15(22-6)14(25-11(3)19)8-24-10(2)18/h13-16H,7-8H2,1-6H3/t13-,14+,15+,16+/m0/s1/i5D,6D,7D/t7?,13-,14+,15+,16+. The highest BCUT2D eigenvalue weighted by Crippen LogP contribution is 2.19. The largest absolute Gasteiger partial charge is 0.463 e. The summed E-state index contributed by atoms with van der Waals surface area (Å²) in [6, 6.07) is 0. The summed E-state index contributed by atoms with van der Waals surface area (Å²) in [5.74, 6) is -3.17. The van der Waals surface area contributed by atoms with Crippen LogP contribution in [0, 0.1) is 0 Å². The minimum atomic E-state index is -1.74. The van der Waals surface area contributed by atoms with Gasteiger partial charge in [0, 0.05) is 41.9 Å². The summed E-state index contributed by atoms with van der Waals surface area (Å²) in [6.45, 7) is 2.01. The Morgan fingerprint density at radius 3 is 1.81 bits per heavy atom. The summed E-state index contributed by atoms with van der Waals surface area (Å²) in [5.41, 5.74) is 0.